The van der Waals surface area contributed by atoms with Crippen molar-refractivity contribution in [1.29, 1.82) is 0 Å². The lowest BCUT2D eigenvalue weighted by Gasteiger charge is -2.05. The third kappa shape index (κ3) is 3.44. The van der Waals surface area contributed by atoms with Gasteiger partial charge >= 0.3 is 0 Å². The van der Waals surface area contributed by atoms with Crippen LogP contribution in [0, 0.1) is 0 Å². The highest BCUT2D eigenvalue weighted by atomic mass is 16.5. The van der Waals surface area contributed by atoms with E-state index in [1.165, 1.54) is 0 Å². The van der Waals surface area contributed by atoms with Gasteiger partial charge in [-0.05, 0) is 24.7 Å². The third-order valence-corrected chi connectivity index (χ3v) is 1.73. The maximum absolute atomic E-state index is 8.79. The molecule has 1 rings (SSSR count). The average molecular weight is 181 g/mol. The van der Waals surface area contributed by atoms with Crippen LogP contribution in [0.3, 0.4) is 0 Å². The Morgan fingerprint density at radius 3 is 2.54 bits per heavy atom. The van der Waals surface area contributed by atoms with Gasteiger partial charge in [0.05, 0.1) is 6.61 Å². The first kappa shape index (κ1) is 10.0. The van der Waals surface area contributed by atoms with Crippen molar-refractivity contribution in [3.63, 3.8) is 0 Å². The largest absolute Gasteiger partial charge is 0.492 e. The van der Waals surface area contributed by atoms with Crippen LogP contribution in [-0.2, 0) is 6.61 Å². The Balaban J connectivity index is 2.40. The SMILES string of the molecule is CNCCOc1ccc(CO)cc1. The lowest BCUT2D eigenvalue weighted by atomic mass is 10.2. The number of benzene rings is 1. The second-order valence-corrected chi connectivity index (χ2v) is 2.75. The van der Waals surface area contributed by atoms with Crippen molar-refractivity contribution in [2.45, 2.75) is 6.61 Å². The minimum Gasteiger partial charge on any atom is -0.492 e. The highest BCUT2D eigenvalue weighted by Crippen LogP contribution is 2.11. The van der Waals surface area contributed by atoms with E-state index < -0.39 is 0 Å². The summed E-state index contributed by atoms with van der Waals surface area (Å²) >= 11 is 0. The summed E-state index contributed by atoms with van der Waals surface area (Å²) in [6, 6.07) is 7.44. The Labute approximate surface area is 78.3 Å². The lowest BCUT2D eigenvalue weighted by Crippen LogP contribution is -2.15. The quantitative estimate of drug-likeness (QED) is 0.659. The highest BCUT2D eigenvalue weighted by molar-refractivity contribution is 5.26. The smallest absolute Gasteiger partial charge is 0.119 e. The van der Waals surface area contributed by atoms with Gasteiger partial charge in [-0.3, -0.25) is 0 Å². The molecule has 0 aliphatic rings. The molecule has 2 N–H and O–H groups in total. The van der Waals surface area contributed by atoms with Crippen molar-refractivity contribution in [2.24, 2.45) is 0 Å². The van der Waals surface area contributed by atoms with Crippen LogP contribution >= 0.6 is 0 Å². The summed E-state index contributed by atoms with van der Waals surface area (Å²) in [5.74, 6) is 0.840. The molecule has 0 fully saturated rings. The van der Waals surface area contributed by atoms with Gasteiger partial charge in [0, 0.05) is 6.54 Å². The molecule has 3 heteroatoms. The van der Waals surface area contributed by atoms with E-state index >= 15 is 0 Å². The van der Waals surface area contributed by atoms with Gasteiger partial charge in [-0.2, -0.15) is 0 Å². The van der Waals surface area contributed by atoms with E-state index in [-0.39, 0.29) is 6.61 Å². The van der Waals surface area contributed by atoms with E-state index in [2.05, 4.69) is 5.32 Å². The van der Waals surface area contributed by atoms with Crippen LogP contribution in [0.25, 0.3) is 0 Å². The number of aliphatic hydroxyl groups excluding tert-OH is 1. The fourth-order valence-electron chi connectivity index (χ4n) is 0.962. The van der Waals surface area contributed by atoms with Crippen LogP contribution < -0.4 is 10.1 Å². The predicted octanol–water partition coefficient (Wildman–Crippen LogP) is 0.777. The van der Waals surface area contributed by atoms with Crippen LogP contribution in [0.4, 0.5) is 0 Å². The summed E-state index contributed by atoms with van der Waals surface area (Å²) in [5.41, 5.74) is 0.904. The van der Waals surface area contributed by atoms with E-state index in [1.807, 2.05) is 31.3 Å². The molecule has 0 aliphatic heterocycles. The topological polar surface area (TPSA) is 41.5 Å². The van der Waals surface area contributed by atoms with Gasteiger partial charge in [0.15, 0.2) is 0 Å². The minimum atomic E-state index is 0.0802. The fourth-order valence-corrected chi connectivity index (χ4v) is 0.962. The number of ether oxygens (including phenoxy) is 1. The zero-order valence-corrected chi connectivity index (χ0v) is 7.79. The van der Waals surface area contributed by atoms with Crippen molar-refractivity contribution in [1.82, 2.24) is 5.32 Å². The molecule has 0 atom stereocenters. The molecule has 0 amide bonds. The monoisotopic (exact) mass is 181 g/mol. The van der Waals surface area contributed by atoms with Crippen LogP contribution in [-0.4, -0.2) is 25.3 Å². The molecular formula is C10H15NO2. The number of nitrogens with one attached hydrogen (secondary N) is 1. The second-order valence-electron chi connectivity index (χ2n) is 2.75. The molecule has 0 aromatic heterocycles. The van der Waals surface area contributed by atoms with Crippen LogP contribution in [0.1, 0.15) is 5.56 Å². The molecule has 1 aromatic carbocycles. The summed E-state index contributed by atoms with van der Waals surface area (Å²) in [4.78, 5) is 0. The zero-order chi connectivity index (χ0) is 9.52. The molecule has 0 saturated heterocycles. The molecule has 0 unspecified atom stereocenters. The Morgan fingerprint density at radius 2 is 2.00 bits per heavy atom. The van der Waals surface area contributed by atoms with Gasteiger partial charge in [0.25, 0.3) is 0 Å². The maximum atomic E-state index is 8.79. The van der Waals surface area contributed by atoms with Gasteiger partial charge in [-0.25, -0.2) is 0 Å². The molecule has 0 radical (unpaired) electrons. The number of hydrogen-bond donors (Lipinski definition) is 2. The van der Waals surface area contributed by atoms with E-state index in [0.29, 0.717) is 6.61 Å². The molecular weight excluding hydrogens is 166 g/mol. The second kappa shape index (κ2) is 5.56. The Bertz CT molecular complexity index is 233. The van der Waals surface area contributed by atoms with Crippen molar-refractivity contribution >= 4 is 0 Å². The van der Waals surface area contributed by atoms with E-state index in [0.717, 1.165) is 17.9 Å². The summed E-state index contributed by atoms with van der Waals surface area (Å²) < 4.78 is 5.40. The van der Waals surface area contributed by atoms with Crippen molar-refractivity contribution < 1.29 is 9.84 Å². The molecule has 0 heterocycles. The average Bonchev–Trinajstić information content (AvgIpc) is 2.19. The standard InChI is InChI=1S/C10H15NO2/c1-11-6-7-13-10-4-2-9(8-12)3-5-10/h2-5,11-12H,6-8H2,1H3. The third-order valence-electron chi connectivity index (χ3n) is 1.73. The van der Waals surface area contributed by atoms with Gasteiger partial charge in [-0.1, -0.05) is 12.1 Å². The molecule has 72 valence electrons. The summed E-state index contributed by atoms with van der Waals surface area (Å²) in [5, 5.41) is 11.8. The van der Waals surface area contributed by atoms with Crippen molar-refractivity contribution in [3.8, 4) is 5.75 Å². The first-order chi connectivity index (χ1) is 6.36. The van der Waals surface area contributed by atoms with Crippen LogP contribution in [0.15, 0.2) is 24.3 Å². The van der Waals surface area contributed by atoms with E-state index in [1.54, 1.807) is 0 Å². The first-order valence-electron chi connectivity index (χ1n) is 4.34. The molecule has 1 aromatic rings. The summed E-state index contributed by atoms with van der Waals surface area (Å²) in [6.07, 6.45) is 0. The van der Waals surface area contributed by atoms with Gasteiger partial charge < -0.3 is 15.2 Å². The van der Waals surface area contributed by atoms with Gasteiger partial charge in [0.2, 0.25) is 0 Å². The number of likely N-dealkylation sites (N-methyl/N-ethyl adjacent to an activating group) is 1. The Hall–Kier alpha value is -1.06. The Morgan fingerprint density at radius 1 is 1.31 bits per heavy atom. The molecule has 3 nitrogen and oxygen atoms in total. The van der Waals surface area contributed by atoms with E-state index in [9.17, 15) is 0 Å². The molecule has 0 spiro atoms. The normalized spacial score (nSPS) is 10.0. The molecule has 0 aliphatic carbocycles. The number of hydrogen-bond acceptors (Lipinski definition) is 3. The van der Waals surface area contributed by atoms with E-state index in [4.69, 9.17) is 9.84 Å². The molecule has 13 heavy (non-hydrogen) atoms. The zero-order valence-electron chi connectivity index (χ0n) is 7.79. The van der Waals surface area contributed by atoms with Gasteiger partial charge in [0.1, 0.15) is 12.4 Å². The van der Waals surface area contributed by atoms with Crippen LogP contribution in [0.5, 0.6) is 5.75 Å². The number of aliphatic hydroxyl groups is 1. The predicted molar refractivity (Wildman–Crippen MR) is 51.8 cm³/mol. The highest BCUT2D eigenvalue weighted by Gasteiger charge is 1.93. The molecule has 0 saturated carbocycles. The van der Waals surface area contributed by atoms with Crippen LogP contribution in [0.2, 0.25) is 0 Å². The first-order valence-corrected chi connectivity index (χ1v) is 4.34. The maximum Gasteiger partial charge on any atom is 0.119 e. The Kier molecular flexibility index (Phi) is 4.29. The van der Waals surface area contributed by atoms with Crippen molar-refractivity contribution in [3.05, 3.63) is 29.8 Å². The number of rotatable bonds is 5. The lowest BCUT2D eigenvalue weighted by molar-refractivity contribution is 0.281. The fraction of sp³-hybridized carbons (Fsp3) is 0.400. The van der Waals surface area contributed by atoms with Gasteiger partial charge in [-0.15, -0.1) is 0 Å². The summed E-state index contributed by atoms with van der Waals surface area (Å²) in [6.45, 7) is 1.58. The molecule has 0 bridgehead atoms. The summed E-state index contributed by atoms with van der Waals surface area (Å²) in [7, 11) is 1.89. The minimum absolute atomic E-state index is 0.0802. The van der Waals surface area contributed by atoms with Crippen molar-refractivity contribution in [2.75, 3.05) is 20.2 Å².